The Kier molecular flexibility index (Phi) is 8.24. The third-order valence-corrected chi connectivity index (χ3v) is 4.67. The molecule has 0 aromatic carbocycles. The molecule has 1 aliphatic heterocycles. The predicted molar refractivity (Wildman–Crippen MR) is 106 cm³/mol. The van der Waals surface area contributed by atoms with E-state index in [1.807, 2.05) is 32.8 Å². The maximum atomic E-state index is 12.6. The Bertz CT molecular complexity index is 586. The Morgan fingerprint density at radius 3 is 2.15 bits per heavy atom. The van der Waals surface area contributed by atoms with Crippen LogP contribution in [0.2, 0.25) is 0 Å². The lowest BCUT2D eigenvalue weighted by Gasteiger charge is -2.17. The summed E-state index contributed by atoms with van der Waals surface area (Å²) >= 11 is 0. The molecule has 0 unspecified atom stereocenters. The number of hydrogen-bond acceptors (Lipinski definition) is 5. The number of fused-ring (bicyclic) bond motifs is 1. The summed E-state index contributed by atoms with van der Waals surface area (Å²) in [5, 5.41) is 5.88. The molecule has 2 N–H and O–H groups in total. The van der Waals surface area contributed by atoms with Crippen molar-refractivity contribution in [3.63, 3.8) is 0 Å². The van der Waals surface area contributed by atoms with Crippen LogP contribution in [0.1, 0.15) is 52.5 Å². The zero-order valence-electron chi connectivity index (χ0n) is 17.2. The van der Waals surface area contributed by atoms with Gasteiger partial charge in [0.05, 0.1) is 5.69 Å². The van der Waals surface area contributed by atoms with Crippen LogP contribution in [-0.4, -0.2) is 85.5 Å². The number of carbonyl (C=O) groups excluding carboxylic acids is 2. The molecule has 2 amide bonds. The van der Waals surface area contributed by atoms with E-state index in [4.69, 9.17) is 0 Å². The summed E-state index contributed by atoms with van der Waals surface area (Å²) in [4.78, 5) is 33.8. The molecule has 0 aliphatic carbocycles. The Hall–Kier alpha value is -1.93. The summed E-state index contributed by atoms with van der Waals surface area (Å²) < 4.78 is 1.93. The normalized spacial score (nSPS) is 13.7. The minimum Gasteiger partial charge on any atom is -0.351 e. The fourth-order valence-electron chi connectivity index (χ4n) is 3.26. The highest BCUT2D eigenvalue weighted by molar-refractivity contribution is 5.97. The van der Waals surface area contributed by atoms with Gasteiger partial charge in [-0.1, -0.05) is 0 Å². The van der Waals surface area contributed by atoms with Crippen molar-refractivity contribution < 1.29 is 9.59 Å². The molecule has 0 saturated carbocycles. The smallest absolute Gasteiger partial charge is 0.287 e. The highest BCUT2D eigenvalue weighted by Gasteiger charge is 2.27. The van der Waals surface area contributed by atoms with Gasteiger partial charge in [0, 0.05) is 19.6 Å². The second-order valence-electron chi connectivity index (χ2n) is 7.66. The number of aromatic nitrogens is 2. The lowest BCUT2D eigenvalue weighted by Crippen LogP contribution is -2.30. The van der Waals surface area contributed by atoms with E-state index in [1.165, 1.54) is 0 Å². The molecular formula is C19H34N6O2. The zero-order valence-corrected chi connectivity index (χ0v) is 17.2. The predicted octanol–water partition coefficient (Wildman–Crippen LogP) is 0.582. The van der Waals surface area contributed by atoms with Gasteiger partial charge in [-0.25, -0.2) is 4.98 Å². The molecule has 2 rings (SSSR count). The summed E-state index contributed by atoms with van der Waals surface area (Å²) in [6.07, 6.45) is 4.59. The third-order valence-electron chi connectivity index (χ3n) is 4.67. The van der Waals surface area contributed by atoms with Crippen LogP contribution in [0, 0.1) is 0 Å². The van der Waals surface area contributed by atoms with Crippen molar-refractivity contribution in [2.45, 2.75) is 38.6 Å². The van der Waals surface area contributed by atoms with Gasteiger partial charge in [-0.3, -0.25) is 9.59 Å². The average molecular weight is 379 g/mol. The van der Waals surface area contributed by atoms with Crippen LogP contribution in [-0.2, 0) is 13.0 Å². The average Bonchev–Trinajstić information content (AvgIpc) is 3.01. The van der Waals surface area contributed by atoms with Crippen molar-refractivity contribution in [3.05, 3.63) is 17.2 Å². The van der Waals surface area contributed by atoms with E-state index < -0.39 is 0 Å². The fourth-order valence-corrected chi connectivity index (χ4v) is 3.26. The second-order valence-corrected chi connectivity index (χ2v) is 7.66. The number of amides is 2. The lowest BCUT2D eigenvalue weighted by molar-refractivity contribution is 0.0936. The molecule has 0 bridgehead atoms. The van der Waals surface area contributed by atoms with Crippen LogP contribution in [0.25, 0.3) is 0 Å². The van der Waals surface area contributed by atoms with Gasteiger partial charge >= 0.3 is 0 Å². The Labute approximate surface area is 162 Å². The minimum absolute atomic E-state index is 0.175. The summed E-state index contributed by atoms with van der Waals surface area (Å²) in [5.74, 6) is 0.00243. The van der Waals surface area contributed by atoms with Gasteiger partial charge in [0.1, 0.15) is 5.69 Å². The molecule has 0 fully saturated rings. The first-order valence-corrected chi connectivity index (χ1v) is 9.85. The number of hydrogen-bond donors (Lipinski definition) is 2. The molecule has 2 heterocycles. The van der Waals surface area contributed by atoms with Gasteiger partial charge < -0.3 is 25.0 Å². The topological polar surface area (TPSA) is 82.5 Å². The number of carbonyl (C=O) groups is 2. The molecule has 8 nitrogen and oxygen atoms in total. The quantitative estimate of drug-likeness (QED) is 0.582. The standard InChI is InChI=1S/C19H34N6O2/c1-23(2)12-7-10-20-18(26)16-15-9-5-6-14-25(15)17(22-16)19(27)21-11-8-13-24(3)4/h5-14H2,1-4H3,(H,20,26)(H,21,27). The van der Waals surface area contributed by atoms with Crippen molar-refractivity contribution in [2.75, 3.05) is 54.4 Å². The first-order valence-electron chi connectivity index (χ1n) is 9.85. The van der Waals surface area contributed by atoms with Crippen LogP contribution in [0.4, 0.5) is 0 Å². The first kappa shape index (κ1) is 21.4. The maximum absolute atomic E-state index is 12.6. The molecule has 8 heteroatoms. The second kappa shape index (κ2) is 10.4. The fraction of sp³-hybridized carbons (Fsp3) is 0.737. The van der Waals surface area contributed by atoms with Crippen LogP contribution < -0.4 is 10.6 Å². The Balaban J connectivity index is 2.02. The lowest BCUT2D eigenvalue weighted by atomic mass is 10.1. The number of nitrogens with zero attached hydrogens (tertiary/aromatic N) is 4. The SMILES string of the molecule is CN(C)CCCNC(=O)c1nc(C(=O)NCCCN(C)C)n2c1CCCC2. The molecule has 0 atom stereocenters. The maximum Gasteiger partial charge on any atom is 0.287 e. The molecule has 0 saturated heterocycles. The monoisotopic (exact) mass is 378 g/mol. The Morgan fingerprint density at radius 2 is 1.56 bits per heavy atom. The van der Waals surface area contributed by atoms with Crippen LogP contribution >= 0.6 is 0 Å². The van der Waals surface area contributed by atoms with Crippen molar-refractivity contribution in [1.82, 2.24) is 30.0 Å². The van der Waals surface area contributed by atoms with E-state index in [-0.39, 0.29) is 11.8 Å². The van der Waals surface area contributed by atoms with E-state index in [0.717, 1.165) is 57.4 Å². The van der Waals surface area contributed by atoms with Gasteiger partial charge in [-0.05, 0) is 73.4 Å². The van der Waals surface area contributed by atoms with E-state index in [9.17, 15) is 9.59 Å². The number of nitrogens with one attached hydrogen (secondary N) is 2. The van der Waals surface area contributed by atoms with Crippen molar-refractivity contribution in [2.24, 2.45) is 0 Å². The summed E-state index contributed by atoms with van der Waals surface area (Å²) in [5.41, 5.74) is 1.31. The molecule has 0 radical (unpaired) electrons. The van der Waals surface area contributed by atoms with Crippen molar-refractivity contribution in [3.8, 4) is 0 Å². The van der Waals surface area contributed by atoms with Crippen molar-refractivity contribution in [1.29, 1.82) is 0 Å². The summed E-state index contributed by atoms with van der Waals surface area (Å²) in [7, 11) is 8.04. The van der Waals surface area contributed by atoms with Gasteiger partial charge in [0.15, 0.2) is 5.82 Å². The zero-order chi connectivity index (χ0) is 19.8. The van der Waals surface area contributed by atoms with Gasteiger partial charge in [-0.2, -0.15) is 0 Å². The van der Waals surface area contributed by atoms with Crippen molar-refractivity contribution >= 4 is 11.8 Å². The van der Waals surface area contributed by atoms with Gasteiger partial charge in [-0.15, -0.1) is 0 Å². The van der Waals surface area contributed by atoms with E-state index in [1.54, 1.807) is 0 Å². The summed E-state index contributed by atoms with van der Waals surface area (Å²) in [6.45, 7) is 3.79. The highest BCUT2D eigenvalue weighted by atomic mass is 16.2. The molecular weight excluding hydrogens is 344 g/mol. The largest absolute Gasteiger partial charge is 0.351 e. The molecule has 0 spiro atoms. The van der Waals surface area contributed by atoms with Gasteiger partial charge in [0.2, 0.25) is 0 Å². The Morgan fingerprint density at radius 1 is 0.963 bits per heavy atom. The molecule has 152 valence electrons. The molecule has 27 heavy (non-hydrogen) atoms. The molecule has 1 aromatic heterocycles. The van der Waals surface area contributed by atoms with Gasteiger partial charge in [0.25, 0.3) is 11.8 Å². The first-order chi connectivity index (χ1) is 12.9. The number of rotatable bonds is 10. The summed E-state index contributed by atoms with van der Waals surface area (Å²) in [6, 6.07) is 0. The minimum atomic E-state index is -0.191. The number of imidazole rings is 1. The highest BCUT2D eigenvalue weighted by Crippen LogP contribution is 2.21. The van der Waals surface area contributed by atoms with Crippen LogP contribution in [0.3, 0.4) is 0 Å². The van der Waals surface area contributed by atoms with E-state index in [2.05, 4.69) is 25.4 Å². The molecule has 1 aliphatic rings. The third kappa shape index (κ3) is 6.32. The van der Waals surface area contributed by atoms with Crippen LogP contribution in [0.15, 0.2) is 0 Å². The van der Waals surface area contributed by atoms with E-state index >= 15 is 0 Å². The molecule has 1 aromatic rings. The van der Waals surface area contributed by atoms with Crippen LogP contribution in [0.5, 0.6) is 0 Å². The van der Waals surface area contributed by atoms with E-state index in [0.29, 0.717) is 24.6 Å².